The summed E-state index contributed by atoms with van der Waals surface area (Å²) >= 11 is 0. The molecule has 0 aliphatic rings. The summed E-state index contributed by atoms with van der Waals surface area (Å²) < 4.78 is 47.3. The van der Waals surface area contributed by atoms with Gasteiger partial charge in [-0.2, -0.15) is 0 Å². The van der Waals surface area contributed by atoms with Crippen LogP contribution >= 0.6 is 0 Å². The van der Waals surface area contributed by atoms with Gasteiger partial charge in [0.1, 0.15) is 39.6 Å². The molecule has 1 aromatic heterocycles. The molecule has 336 valence electrons. The van der Waals surface area contributed by atoms with Crippen LogP contribution in [-0.2, 0) is 76.6 Å². The van der Waals surface area contributed by atoms with Gasteiger partial charge in [-0.1, -0.05) is 19.7 Å². The molecule has 0 fully saturated rings. The molecule has 1 rings (SSSR count). The Kier molecular flexibility index (Phi) is 25.8. The fourth-order valence-corrected chi connectivity index (χ4v) is 4.03. The molecular weight excluding hydrogens is 804 g/mol. The van der Waals surface area contributed by atoms with Crippen molar-refractivity contribution in [3.63, 3.8) is 0 Å². The van der Waals surface area contributed by atoms with E-state index >= 15 is 0 Å². The SMILES string of the molecule is C=C(C)C(=O)OCCOCCNC(=O)OCCn1c(=O)n(CCOC(=O)NCCOCCOC(=O)C(=C)C)c(=O)n(CCOC(=O)NCCOCCOC(=O)C(=C)C)c1=O. The summed E-state index contributed by atoms with van der Waals surface area (Å²) in [4.78, 5) is 110. The number of hydrogen-bond donors (Lipinski definition) is 3. The van der Waals surface area contributed by atoms with Gasteiger partial charge in [0, 0.05) is 36.4 Å². The topological polar surface area (TPSA) is 288 Å². The van der Waals surface area contributed by atoms with E-state index in [2.05, 4.69) is 35.7 Å². The summed E-state index contributed by atoms with van der Waals surface area (Å²) in [6, 6.07) is 0. The van der Waals surface area contributed by atoms with Crippen molar-refractivity contribution in [2.75, 3.05) is 98.9 Å². The number of alkyl carbamates (subject to hydrolysis) is 3. The third kappa shape index (κ3) is 22.0. The zero-order chi connectivity index (χ0) is 44.9. The summed E-state index contributed by atoms with van der Waals surface area (Å²) in [6.07, 6.45) is -2.75. The highest BCUT2D eigenvalue weighted by Crippen LogP contribution is 1.94. The average molecular weight is 859 g/mol. The lowest BCUT2D eigenvalue weighted by Gasteiger charge is -2.15. The number of rotatable bonds is 30. The molecule has 1 aromatic rings. The Morgan fingerprint density at radius 3 is 0.883 bits per heavy atom. The normalized spacial score (nSPS) is 10.4. The van der Waals surface area contributed by atoms with Gasteiger partial charge < -0.3 is 58.6 Å². The molecule has 24 heteroatoms. The number of ether oxygens (including phenoxy) is 9. The van der Waals surface area contributed by atoms with Crippen molar-refractivity contribution in [3.05, 3.63) is 67.9 Å². The van der Waals surface area contributed by atoms with E-state index in [1.165, 1.54) is 20.8 Å². The summed E-state index contributed by atoms with van der Waals surface area (Å²) in [5.41, 5.74) is -2.62. The lowest BCUT2D eigenvalue weighted by atomic mass is 10.4. The molecule has 0 unspecified atom stereocenters. The molecule has 0 aliphatic carbocycles. The van der Waals surface area contributed by atoms with Crippen molar-refractivity contribution in [2.24, 2.45) is 0 Å². The third-order valence-electron chi connectivity index (χ3n) is 7.00. The second kappa shape index (κ2) is 29.9. The van der Waals surface area contributed by atoms with Gasteiger partial charge in [-0.15, -0.1) is 0 Å². The molecule has 0 aliphatic heterocycles. The van der Waals surface area contributed by atoms with Crippen LogP contribution in [-0.4, -0.2) is 149 Å². The van der Waals surface area contributed by atoms with Crippen molar-refractivity contribution >= 4 is 36.2 Å². The fourth-order valence-electron chi connectivity index (χ4n) is 4.03. The van der Waals surface area contributed by atoms with Crippen LogP contribution in [0.25, 0.3) is 0 Å². The second-order valence-electron chi connectivity index (χ2n) is 12.1. The minimum Gasteiger partial charge on any atom is -0.460 e. The molecule has 0 saturated carbocycles. The Balaban J connectivity index is 2.78. The molecule has 1 heterocycles. The molecule has 0 saturated heterocycles. The van der Waals surface area contributed by atoms with Crippen LogP contribution in [0.15, 0.2) is 50.8 Å². The smallest absolute Gasteiger partial charge is 0.407 e. The lowest BCUT2D eigenvalue weighted by Crippen LogP contribution is -2.55. The number of aromatic nitrogens is 3. The lowest BCUT2D eigenvalue weighted by molar-refractivity contribution is -0.141. The van der Waals surface area contributed by atoms with Gasteiger partial charge in [0.05, 0.1) is 59.3 Å². The van der Waals surface area contributed by atoms with E-state index in [0.717, 1.165) is 0 Å². The van der Waals surface area contributed by atoms with Gasteiger partial charge in [-0.25, -0.2) is 56.9 Å². The number of esters is 3. The highest BCUT2D eigenvalue weighted by molar-refractivity contribution is 5.87. The van der Waals surface area contributed by atoms with Gasteiger partial charge in [0.2, 0.25) is 0 Å². The first-order chi connectivity index (χ1) is 28.6. The van der Waals surface area contributed by atoms with E-state index in [1.807, 2.05) is 0 Å². The zero-order valence-corrected chi connectivity index (χ0v) is 34.0. The number of nitrogens with one attached hydrogen (secondary N) is 3. The third-order valence-corrected chi connectivity index (χ3v) is 7.00. The molecule has 60 heavy (non-hydrogen) atoms. The van der Waals surface area contributed by atoms with E-state index in [4.69, 9.17) is 42.6 Å². The zero-order valence-electron chi connectivity index (χ0n) is 34.0. The van der Waals surface area contributed by atoms with Crippen molar-refractivity contribution in [1.29, 1.82) is 0 Å². The van der Waals surface area contributed by atoms with E-state index in [0.29, 0.717) is 13.7 Å². The molecule has 0 atom stereocenters. The highest BCUT2D eigenvalue weighted by atomic mass is 16.6. The first kappa shape index (κ1) is 51.7. The minimum absolute atomic E-state index is 0.00599. The van der Waals surface area contributed by atoms with Crippen molar-refractivity contribution in [1.82, 2.24) is 29.7 Å². The number of nitrogens with zero attached hydrogens (tertiary/aromatic N) is 3. The fraction of sp³-hybridized carbons (Fsp3) is 0.583. The minimum atomic E-state index is -1.11. The van der Waals surface area contributed by atoms with Crippen molar-refractivity contribution in [2.45, 2.75) is 40.4 Å². The Hall–Kier alpha value is -6.27. The van der Waals surface area contributed by atoms with E-state index in [9.17, 15) is 43.2 Å². The van der Waals surface area contributed by atoms with E-state index < -0.39 is 92.7 Å². The first-order valence-electron chi connectivity index (χ1n) is 18.4. The van der Waals surface area contributed by atoms with E-state index in [1.54, 1.807) is 0 Å². The van der Waals surface area contributed by atoms with Crippen LogP contribution in [0.3, 0.4) is 0 Å². The Bertz CT molecular complexity index is 1580. The molecule has 24 nitrogen and oxygen atoms in total. The van der Waals surface area contributed by atoms with Crippen LogP contribution in [0, 0.1) is 0 Å². The van der Waals surface area contributed by atoms with Crippen LogP contribution in [0.1, 0.15) is 20.8 Å². The maximum Gasteiger partial charge on any atom is 0.407 e. The largest absolute Gasteiger partial charge is 0.460 e. The molecule has 0 aromatic carbocycles. The number of hydrogen-bond acceptors (Lipinski definition) is 18. The van der Waals surface area contributed by atoms with Crippen LogP contribution < -0.4 is 33.0 Å². The number of carbonyl (C=O) groups excluding carboxylic acids is 6. The summed E-state index contributed by atoms with van der Waals surface area (Å²) in [5.74, 6) is -1.70. The number of amides is 3. The second-order valence-corrected chi connectivity index (χ2v) is 12.1. The van der Waals surface area contributed by atoms with E-state index in [-0.39, 0.29) is 95.8 Å². The molecule has 0 bridgehead atoms. The molecular formula is C36H54N6O18. The Labute approximate surface area is 344 Å². The maximum atomic E-state index is 13.3. The van der Waals surface area contributed by atoms with Gasteiger partial charge in [-0.3, -0.25) is 0 Å². The predicted molar refractivity (Wildman–Crippen MR) is 207 cm³/mol. The van der Waals surface area contributed by atoms with Crippen molar-refractivity contribution in [3.8, 4) is 0 Å². The monoisotopic (exact) mass is 858 g/mol. The highest BCUT2D eigenvalue weighted by Gasteiger charge is 2.17. The average Bonchev–Trinajstić information content (AvgIpc) is 3.19. The summed E-state index contributed by atoms with van der Waals surface area (Å²) in [7, 11) is 0. The summed E-state index contributed by atoms with van der Waals surface area (Å²) in [6.45, 7) is 12.1. The maximum absolute atomic E-state index is 13.3. The van der Waals surface area contributed by atoms with Crippen molar-refractivity contribution < 1.29 is 71.4 Å². The molecule has 3 amide bonds. The summed E-state index contributed by atoms with van der Waals surface area (Å²) in [5, 5.41) is 7.18. The van der Waals surface area contributed by atoms with Gasteiger partial charge >= 0.3 is 53.3 Å². The molecule has 0 radical (unpaired) electrons. The standard InChI is InChI=1S/C36H54N6O18/c1-25(2)28(43)55-22-19-52-13-7-37-31(46)58-16-10-40-34(49)41(11-17-59-32(47)38-8-14-53-20-23-56-29(44)26(3)4)36(51)42(35(40)50)12-18-60-33(48)39-9-15-54-21-24-57-30(45)27(5)6/h1,3,5,7-24H2,2,4,6H3,(H,37,46)(H,38,47)(H,39,48). The van der Waals surface area contributed by atoms with Crippen LogP contribution in [0.4, 0.5) is 14.4 Å². The molecule has 3 N–H and O–H groups in total. The van der Waals surface area contributed by atoms with Crippen LogP contribution in [0.5, 0.6) is 0 Å². The van der Waals surface area contributed by atoms with Gasteiger partial charge in [-0.05, 0) is 20.8 Å². The Morgan fingerprint density at radius 1 is 0.400 bits per heavy atom. The number of carbonyl (C=O) groups is 6. The Morgan fingerprint density at radius 2 is 0.650 bits per heavy atom. The quantitative estimate of drug-likeness (QED) is 0.0353. The molecule has 0 spiro atoms. The van der Waals surface area contributed by atoms with Gasteiger partial charge in [0.25, 0.3) is 0 Å². The van der Waals surface area contributed by atoms with Gasteiger partial charge in [0.15, 0.2) is 0 Å². The first-order valence-corrected chi connectivity index (χ1v) is 18.4. The van der Waals surface area contributed by atoms with Crippen LogP contribution in [0.2, 0.25) is 0 Å². The predicted octanol–water partition coefficient (Wildman–Crippen LogP) is -1.24.